The van der Waals surface area contributed by atoms with Crippen LogP contribution in [0, 0.1) is 5.92 Å². The lowest BCUT2D eigenvalue weighted by molar-refractivity contribution is 0.0922. The van der Waals surface area contributed by atoms with E-state index in [0.717, 1.165) is 10.9 Å². The minimum atomic E-state index is -0.0571. The molecule has 0 aliphatic heterocycles. The van der Waals surface area contributed by atoms with Gasteiger partial charge >= 0.3 is 0 Å². The zero-order valence-corrected chi connectivity index (χ0v) is 12.9. The van der Waals surface area contributed by atoms with Crippen molar-refractivity contribution in [1.82, 2.24) is 10.3 Å². The Morgan fingerprint density at radius 2 is 2.00 bits per heavy atom. The standard InChI is InChI=1S/C17H18N2OS/c1-11(2)16(15-8-5-9-21-15)19-17(20)14-10-12-6-3-4-7-13(12)18-14/h3-11,16,18H,1-2H3,(H,19,20)/t16-/m1/s1. The summed E-state index contributed by atoms with van der Waals surface area (Å²) in [7, 11) is 0. The number of aromatic nitrogens is 1. The van der Waals surface area contributed by atoms with Gasteiger partial charge in [-0.2, -0.15) is 0 Å². The van der Waals surface area contributed by atoms with Crippen LogP contribution in [0.4, 0.5) is 0 Å². The molecule has 1 aromatic carbocycles. The molecule has 0 saturated heterocycles. The fourth-order valence-corrected chi connectivity index (χ4v) is 3.40. The van der Waals surface area contributed by atoms with Crippen LogP contribution in [0.15, 0.2) is 47.8 Å². The maximum Gasteiger partial charge on any atom is 0.268 e. The van der Waals surface area contributed by atoms with E-state index in [4.69, 9.17) is 0 Å². The Morgan fingerprint density at radius 1 is 1.19 bits per heavy atom. The third-order valence-electron chi connectivity index (χ3n) is 3.58. The number of H-pyrrole nitrogens is 1. The van der Waals surface area contributed by atoms with E-state index in [2.05, 4.69) is 30.2 Å². The van der Waals surface area contributed by atoms with Crippen molar-refractivity contribution in [2.24, 2.45) is 5.92 Å². The van der Waals surface area contributed by atoms with Gasteiger partial charge in [0.15, 0.2) is 0 Å². The molecule has 21 heavy (non-hydrogen) atoms. The van der Waals surface area contributed by atoms with E-state index in [1.165, 1.54) is 4.88 Å². The Bertz CT molecular complexity index is 710. The first kappa shape index (κ1) is 13.9. The van der Waals surface area contributed by atoms with E-state index in [1.807, 2.05) is 41.8 Å². The van der Waals surface area contributed by atoms with Crippen molar-refractivity contribution < 1.29 is 4.79 Å². The molecular formula is C17H18N2OS. The molecule has 0 fully saturated rings. The predicted octanol–water partition coefficient (Wildman–Crippen LogP) is 4.36. The average molecular weight is 298 g/mol. The number of amides is 1. The summed E-state index contributed by atoms with van der Waals surface area (Å²) in [6.45, 7) is 4.24. The molecule has 1 amide bonds. The molecule has 2 N–H and O–H groups in total. The second-order valence-corrected chi connectivity index (χ2v) is 6.46. The largest absolute Gasteiger partial charge is 0.351 e. The van der Waals surface area contributed by atoms with Crippen molar-refractivity contribution in [3.05, 3.63) is 58.4 Å². The van der Waals surface area contributed by atoms with Gasteiger partial charge in [-0.05, 0) is 29.5 Å². The zero-order chi connectivity index (χ0) is 14.8. The molecule has 108 valence electrons. The quantitative estimate of drug-likeness (QED) is 0.738. The lowest BCUT2D eigenvalue weighted by Gasteiger charge is -2.20. The number of hydrogen-bond donors (Lipinski definition) is 2. The van der Waals surface area contributed by atoms with E-state index in [9.17, 15) is 4.79 Å². The van der Waals surface area contributed by atoms with Gasteiger partial charge in [-0.15, -0.1) is 11.3 Å². The molecule has 0 unspecified atom stereocenters. The normalized spacial score (nSPS) is 12.7. The van der Waals surface area contributed by atoms with Gasteiger partial charge in [0, 0.05) is 15.8 Å². The minimum absolute atomic E-state index is 0.0453. The van der Waals surface area contributed by atoms with Crippen LogP contribution in [0.1, 0.15) is 35.3 Å². The summed E-state index contributed by atoms with van der Waals surface area (Å²) in [5, 5.41) is 6.23. The van der Waals surface area contributed by atoms with Crippen LogP contribution in [0.2, 0.25) is 0 Å². The van der Waals surface area contributed by atoms with Crippen LogP contribution < -0.4 is 5.32 Å². The van der Waals surface area contributed by atoms with Crippen LogP contribution >= 0.6 is 11.3 Å². The maximum atomic E-state index is 12.5. The fourth-order valence-electron chi connectivity index (χ4n) is 2.45. The highest BCUT2D eigenvalue weighted by Crippen LogP contribution is 2.26. The summed E-state index contributed by atoms with van der Waals surface area (Å²) in [4.78, 5) is 16.9. The number of rotatable bonds is 4. The SMILES string of the molecule is CC(C)[C@@H](NC(=O)c1cc2ccccc2[nH]1)c1cccs1. The van der Waals surface area contributed by atoms with E-state index in [0.29, 0.717) is 11.6 Å². The van der Waals surface area contributed by atoms with Gasteiger partial charge in [0.05, 0.1) is 6.04 Å². The highest BCUT2D eigenvalue weighted by Gasteiger charge is 2.20. The number of hydrogen-bond acceptors (Lipinski definition) is 2. The number of aromatic amines is 1. The molecule has 0 spiro atoms. The Hall–Kier alpha value is -2.07. The third kappa shape index (κ3) is 2.85. The highest BCUT2D eigenvalue weighted by atomic mass is 32.1. The van der Waals surface area contributed by atoms with Crippen molar-refractivity contribution in [2.75, 3.05) is 0 Å². The Balaban J connectivity index is 1.84. The summed E-state index contributed by atoms with van der Waals surface area (Å²) >= 11 is 1.68. The fraction of sp³-hybridized carbons (Fsp3) is 0.235. The maximum absolute atomic E-state index is 12.5. The van der Waals surface area contributed by atoms with Gasteiger partial charge in [0.2, 0.25) is 0 Å². The second-order valence-electron chi connectivity index (χ2n) is 5.48. The smallest absolute Gasteiger partial charge is 0.268 e. The summed E-state index contributed by atoms with van der Waals surface area (Å²) < 4.78 is 0. The number of carbonyl (C=O) groups excluding carboxylic acids is 1. The Morgan fingerprint density at radius 3 is 2.67 bits per heavy atom. The zero-order valence-electron chi connectivity index (χ0n) is 12.1. The molecule has 0 aliphatic carbocycles. The van der Waals surface area contributed by atoms with Crippen LogP contribution in [-0.2, 0) is 0 Å². The lowest BCUT2D eigenvalue weighted by atomic mass is 10.0. The molecule has 4 heteroatoms. The molecule has 2 heterocycles. The first-order valence-corrected chi connectivity index (χ1v) is 7.95. The van der Waals surface area contributed by atoms with Crippen LogP contribution in [0.25, 0.3) is 10.9 Å². The Labute approximate surface area is 128 Å². The number of fused-ring (bicyclic) bond motifs is 1. The molecule has 0 bridgehead atoms. The van der Waals surface area contributed by atoms with Gasteiger partial charge in [-0.3, -0.25) is 4.79 Å². The molecule has 0 saturated carbocycles. The molecule has 3 aromatic rings. The molecule has 3 nitrogen and oxygen atoms in total. The summed E-state index contributed by atoms with van der Waals surface area (Å²) in [6, 6.07) is 13.9. The monoisotopic (exact) mass is 298 g/mol. The van der Waals surface area contributed by atoms with Crippen molar-refractivity contribution in [3.8, 4) is 0 Å². The predicted molar refractivity (Wildman–Crippen MR) is 87.7 cm³/mol. The molecule has 1 atom stereocenters. The van der Waals surface area contributed by atoms with Crippen molar-refractivity contribution in [2.45, 2.75) is 19.9 Å². The molecule has 2 aromatic heterocycles. The number of carbonyl (C=O) groups is 1. The van der Waals surface area contributed by atoms with Crippen molar-refractivity contribution in [1.29, 1.82) is 0 Å². The molecule has 0 aliphatic rings. The van der Waals surface area contributed by atoms with Crippen LogP contribution in [0.5, 0.6) is 0 Å². The summed E-state index contributed by atoms with van der Waals surface area (Å²) in [5.41, 5.74) is 1.60. The first-order chi connectivity index (χ1) is 10.1. The first-order valence-electron chi connectivity index (χ1n) is 7.07. The lowest BCUT2D eigenvalue weighted by Crippen LogP contribution is -2.31. The van der Waals surface area contributed by atoms with Crippen LogP contribution in [-0.4, -0.2) is 10.9 Å². The highest BCUT2D eigenvalue weighted by molar-refractivity contribution is 7.10. The topological polar surface area (TPSA) is 44.9 Å². The van der Waals surface area contributed by atoms with E-state index >= 15 is 0 Å². The summed E-state index contributed by atoms with van der Waals surface area (Å²) in [6.07, 6.45) is 0. The third-order valence-corrected chi connectivity index (χ3v) is 4.53. The van der Waals surface area contributed by atoms with E-state index < -0.39 is 0 Å². The van der Waals surface area contributed by atoms with Gasteiger partial charge in [0.1, 0.15) is 5.69 Å². The van der Waals surface area contributed by atoms with Crippen LogP contribution in [0.3, 0.4) is 0 Å². The second kappa shape index (κ2) is 5.74. The molecule has 0 radical (unpaired) electrons. The number of benzene rings is 1. The van der Waals surface area contributed by atoms with Gasteiger partial charge in [-0.25, -0.2) is 0 Å². The van der Waals surface area contributed by atoms with Gasteiger partial charge in [-0.1, -0.05) is 38.1 Å². The van der Waals surface area contributed by atoms with Gasteiger partial charge < -0.3 is 10.3 Å². The van der Waals surface area contributed by atoms with Crippen molar-refractivity contribution in [3.63, 3.8) is 0 Å². The van der Waals surface area contributed by atoms with Crippen molar-refractivity contribution >= 4 is 28.1 Å². The average Bonchev–Trinajstić information content (AvgIpc) is 3.12. The number of nitrogens with one attached hydrogen (secondary N) is 2. The number of thiophene rings is 1. The van der Waals surface area contributed by atoms with E-state index in [-0.39, 0.29) is 11.9 Å². The van der Waals surface area contributed by atoms with E-state index in [1.54, 1.807) is 11.3 Å². The number of para-hydroxylation sites is 1. The molecular weight excluding hydrogens is 280 g/mol. The van der Waals surface area contributed by atoms with Gasteiger partial charge in [0.25, 0.3) is 5.91 Å². The summed E-state index contributed by atoms with van der Waals surface area (Å²) in [5.74, 6) is 0.287. The minimum Gasteiger partial charge on any atom is -0.351 e. The molecule has 3 rings (SSSR count). The Kier molecular flexibility index (Phi) is 3.80.